The first-order valence-electron chi connectivity index (χ1n) is 13.4. The molecule has 1 N–H and O–H groups in total. The topological polar surface area (TPSA) is 49.8 Å². The highest BCUT2D eigenvalue weighted by atomic mass is 19.1. The van der Waals surface area contributed by atoms with Gasteiger partial charge in [0.25, 0.3) is 0 Å². The number of allylic oxidation sites excluding steroid dienone is 1. The maximum Gasteiger partial charge on any atom is 0.336 e. The Labute approximate surface area is 222 Å². The Kier molecular flexibility index (Phi) is 7.89. The van der Waals surface area contributed by atoms with Gasteiger partial charge in [-0.1, -0.05) is 36.4 Å². The molecule has 0 aromatic heterocycles. The first-order valence-corrected chi connectivity index (χ1v) is 13.4. The third-order valence-corrected chi connectivity index (χ3v) is 7.51. The molecule has 2 aliphatic rings. The van der Waals surface area contributed by atoms with Crippen LogP contribution in [0, 0.1) is 12.7 Å². The monoisotopic (exact) mass is 517 g/mol. The molecule has 6 heteroatoms. The van der Waals surface area contributed by atoms with Gasteiger partial charge in [0.15, 0.2) is 0 Å². The highest BCUT2D eigenvalue weighted by molar-refractivity contribution is 5.99. The zero-order chi connectivity index (χ0) is 26.6. The van der Waals surface area contributed by atoms with Gasteiger partial charge in [-0.2, -0.15) is 0 Å². The van der Waals surface area contributed by atoms with Crippen molar-refractivity contribution in [1.29, 1.82) is 0 Å². The van der Waals surface area contributed by atoms with Crippen LogP contribution in [0.2, 0.25) is 0 Å². The summed E-state index contributed by atoms with van der Waals surface area (Å²) in [6.07, 6.45) is 6.14. The van der Waals surface area contributed by atoms with Crippen LogP contribution in [0.1, 0.15) is 58.3 Å². The van der Waals surface area contributed by atoms with E-state index in [1.54, 1.807) is 12.1 Å². The van der Waals surface area contributed by atoms with E-state index in [4.69, 9.17) is 4.74 Å². The number of carbonyl (C=O) groups is 1. The van der Waals surface area contributed by atoms with E-state index in [0.717, 1.165) is 72.5 Å². The Bertz CT molecular complexity index is 1350. The van der Waals surface area contributed by atoms with E-state index < -0.39 is 11.8 Å². The summed E-state index contributed by atoms with van der Waals surface area (Å²) in [6, 6.07) is 16.4. The maximum absolute atomic E-state index is 15.1. The fraction of sp³-hybridized carbons (Fsp3) is 0.344. The lowest BCUT2D eigenvalue weighted by molar-refractivity contribution is 0.0697. The van der Waals surface area contributed by atoms with Crippen molar-refractivity contribution in [2.75, 3.05) is 26.3 Å². The van der Waals surface area contributed by atoms with E-state index >= 15 is 4.39 Å². The number of rotatable bonds is 8. The number of hydrogen-bond donors (Lipinski definition) is 1. The molecule has 1 aliphatic carbocycles. The van der Waals surface area contributed by atoms with Gasteiger partial charge in [-0.3, -0.25) is 9.29 Å². The smallest absolute Gasteiger partial charge is 0.336 e. The second kappa shape index (κ2) is 11.5. The molecule has 0 bridgehead atoms. The molecule has 1 saturated heterocycles. The average Bonchev–Trinajstić information content (AvgIpc) is 3.23. The minimum absolute atomic E-state index is 0.0969. The number of fused-ring (bicyclic) bond motifs is 1. The van der Waals surface area contributed by atoms with Crippen molar-refractivity contribution in [3.05, 3.63) is 94.3 Å². The van der Waals surface area contributed by atoms with Gasteiger partial charge in [-0.25, -0.2) is 9.18 Å². The highest BCUT2D eigenvalue weighted by Crippen LogP contribution is 2.40. The van der Waals surface area contributed by atoms with Gasteiger partial charge in [0.2, 0.25) is 0 Å². The van der Waals surface area contributed by atoms with Crippen molar-refractivity contribution >= 4 is 11.5 Å². The molecule has 1 heterocycles. The van der Waals surface area contributed by atoms with Crippen molar-refractivity contribution < 1.29 is 23.4 Å². The number of aryl methyl sites for hydroxylation is 1. The Morgan fingerprint density at radius 2 is 1.89 bits per heavy atom. The summed E-state index contributed by atoms with van der Waals surface area (Å²) in [4.78, 5) is 14.4. The number of carboxylic acid groups (broad SMARTS) is 1. The molecule has 198 valence electrons. The van der Waals surface area contributed by atoms with Crippen LogP contribution in [-0.2, 0) is 6.42 Å². The third kappa shape index (κ3) is 5.51. The molecule has 5 rings (SSSR count). The number of halogens is 2. The van der Waals surface area contributed by atoms with Crippen LogP contribution in [-0.4, -0.2) is 48.4 Å². The number of alkyl halides is 1. The molecule has 1 fully saturated rings. The van der Waals surface area contributed by atoms with Crippen molar-refractivity contribution in [2.24, 2.45) is 0 Å². The average molecular weight is 518 g/mol. The van der Waals surface area contributed by atoms with Crippen LogP contribution in [0.4, 0.5) is 8.78 Å². The number of carboxylic acids is 1. The van der Waals surface area contributed by atoms with E-state index in [2.05, 4.69) is 11.0 Å². The molecule has 38 heavy (non-hydrogen) atoms. The highest BCUT2D eigenvalue weighted by Gasteiger charge is 2.25. The van der Waals surface area contributed by atoms with E-state index in [1.165, 1.54) is 6.07 Å². The van der Waals surface area contributed by atoms with Crippen LogP contribution >= 0.6 is 0 Å². The van der Waals surface area contributed by atoms with Crippen molar-refractivity contribution in [1.82, 2.24) is 4.90 Å². The fourth-order valence-electron chi connectivity index (χ4n) is 5.66. The summed E-state index contributed by atoms with van der Waals surface area (Å²) in [7, 11) is 0. The largest absolute Gasteiger partial charge is 0.489 e. The zero-order valence-electron chi connectivity index (χ0n) is 21.7. The minimum Gasteiger partial charge on any atom is -0.489 e. The summed E-state index contributed by atoms with van der Waals surface area (Å²) in [5.74, 6) is -0.675. The predicted octanol–water partition coefficient (Wildman–Crippen LogP) is 7.08. The van der Waals surface area contributed by atoms with Gasteiger partial charge in [-0.05, 0) is 91.1 Å². The quantitative estimate of drug-likeness (QED) is 0.347. The number of nitrogens with zero attached hydrogens (tertiary/aromatic N) is 1. The number of ether oxygens (including phenoxy) is 1. The Hall–Kier alpha value is -3.51. The lowest BCUT2D eigenvalue weighted by Gasteiger charge is -2.19. The molecule has 0 amide bonds. The molecule has 0 radical (unpaired) electrons. The number of aromatic carboxylic acids is 1. The second-order valence-corrected chi connectivity index (χ2v) is 10.2. The molecular formula is C32H33F2NO3. The van der Waals surface area contributed by atoms with Crippen molar-refractivity contribution in [2.45, 2.75) is 45.1 Å². The van der Waals surface area contributed by atoms with Gasteiger partial charge in [-0.15, -0.1) is 0 Å². The standard InChI is InChI=1S/C32H33F2NO3/c1-21-7-12-28(30(34)19-21)31-27-6-3-2-5-25(26(27)13-14-29(31)32(36)37)22-8-10-23(11-9-22)38-24-15-18-35(20-24)17-4-16-33/h5,7-14,19,24H,2-4,6,15-18,20H2,1H3,(H,36,37)/t24-/m0/s1. The predicted molar refractivity (Wildman–Crippen MR) is 146 cm³/mol. The van der Waals surface area contributed by atoms with Crippen molar-refractivity contribution in [3.63, 3.8) is 0 Å². The first kappa shape index (κ1) is 26.1. The Balaban J connectivity index is 1.45. The van der Waals surface area contributed by atoms with Gasteiger partial charge in [0.05, 0.1) is 12.2 Å². The fourth-order valence-corrected chi connectivity index (χ4v) is 5.66. The Morgan fingerprint density at radius 1 is 1.11 bits per heavy atom. The van der Waals surface area contributed by atoms with Crippen LogP contribution < -0.4 is 4.74 Å². The third-order valence-electron chi connectivity index (χ3n) is 7.51. The minimum atomic E-state index is -1.06. The van der Waals surface area contributed by atoms with E-state index in [0.29, 0.717) is 24.0 Å². The lowest BCUT2D eigenvalue weighted by atomic mass is 9.85. The molecule has 1 aliphatic heterocycles. The maximum atomic E-state index is 15.1. The van der Waals surface area contributed by atoms with E-state index in [-0.39, 0.29) is 18.3 Å². The van der Waals surface area contributed by atoms with Crippen LogP contribution in [0.5, 0.6) is 5.75 Å². The Morgan fingerprint density at radius 3 is 2.63 bits per heavy atom. The van der Waals surface area contributed by atoms with Gasteiger partial charge in [0.1, 0.15) is 17.7 Å². The first-order chi connectivity index (χ1) is 18.4. The van der Waals surface area contributed by atoms with Gasteiger partial charge in [0, 0.05) is 30.8 Å². The zero-order valence-corrected chi connectivity index (χ0v) is 21.7. The summed E-state index contributed by atoms with van der Waals surface area (Å²) in [5, 5.41) is 9.96. The molecular weight excluding hydrogens is 484 g/mol. The van der Waals surface area contributed by atoms with Gasteiger partial charge >= 0.3 is 5.97 Å². The summed E-state index contributed by atoms with van der Waals surface area (Å²) in [5.41, 5.74) is 5.55. The van der Waals surface area contributed by atoms with E-state index in [9.17, 15) is 14.3 Å². The van der Waals surface area contributed by atoms with Crippen LogP contribution in [0.25, 0.3) is 16.7 Å². The molecule has 0 spiro atoms. The summed E-state index contributed by atoms with van der Waals surface area (Å²) >= 11 is 0. The second-order valence-electron chi connectivity index (χ2n) is 10.2. The molecule has 0 saturated carbocycles. The number of likely N-dealkylation sites (tertiary alicyclic amines) is 1. The lowest BCUT2D eigenvalue weighted by Crippen LogP contribution is -2.26. The van der Waals surface area contributed by atoms with Crippen molar-refractivity contribution in [3.8, 4) is 16.9 Å². The molecule has 1 atom stereocenters. The van der Waals surface area contributed by atoms with E-state index in [1.807, 2.05) is 43.3 Å². The summed E-state index contributed by atoms with van der Waals surface area (Å²) in [6.45, 7) is 4.03. The SMILES string of the molecule is Cc1ccc(-c2c(C(=O)O)ccc3c2CCCC=C3c2ccc(O[C@H]3CCN(CCCF)C3)cc2)c(F)c1. The molecule has 3 aromatic carbocycles. The van der Waals surface area contributed by atoms with Gasteiger partial charge < -0.3 is 9.84 Å². The number of hydrogen-bond acceptors (Lipinski definition) is 3. The molecule has 0 unspecified atom stereocenters. The van der Waals surface area contributed by atoms with Crippen LogP contribution in [0.15, 0.2) is 60.7 Å². The summed E-state index contributed by atoms with van der Waals surface area (Å²) < 4.78 is 33.8. The normalized spacial score (nSPS) is 17.6. The number of benzene rings is 3. The van der Waals surface area contributed by atoms with Crippen LogP contribution in [0.3, 0.4) is 0 Å². The molecule has 3 aromatic rings. The molecule has 4 nitrogen and oxygen atoms in total.